The van der Waals surface area contributed by atoms with Crippen LogP contribution < -0.4 is 10.6 Å². The maximum Gasteiger partial charge on any atom is 0.222 e. The Kier molecular flexibility index (Phi) is 14.5. The molecule has 0 heterocycles. The van der Waals surface area contributed by atoms with Gasteiger partial charge in [0.1, 0.15) is 13.2 Å². The van der Waals surface area contributed by atoms with Gasteiger partial charge in [-0.05, 0) is 26.2 Å². The standard InChI is InChI=1S/C18H28N2O4/c1-4-12-23-14-9-17(21)19-11-7-6-8-16(3)20-18(22)10-15-24-13-5-2/h1-2,16H,6-15H2,3H3,(H,19,21)(H,20,22)/t16-/m0/s1. The van der Waals surface area contributed by atoms with E-state index in [1.807, 2.05) is 6.92 Å². The van der Waals surface area contributed by atoms with Crippen LogP contribution in [-0.2, 0) is 19.1 Å². The second kappa shape index (κ2) is 15.9. The Labute approximate surface area is 145 Å². The Morgan fingerprint density at radius 3 is 2.17 bits per heavy atom. The van der Waals surface area contributed by atoms with Gasteiger partial charge in [-0.3, -0.25) is 9.59 Å². The lowest BCUT2D eigenvalue weighted by atomic mass is 10.1. The molecule has 1 atom stereocenters. The topological polar surface area (TPSA) is 76.7 Å². The maximum atomic E-state index is 11.6. The predicted octanol–water partition coefficient (Wildman–Crippen LogP) is 0.857. The zero-order valence-corrected chi connectivity index (χ0v) is 14.4. The molecule has 0 bridgehead atoms. The molecule has 6 nitrogen and oxygen atoms in total. The SMILES string of the molecule is C#CCOCCC(=O)NCCCC[C@H](C)NC(=O)CCOCC#C. The molecule has 134 valence electrons. The van der Waals surface area contributed by atoms with Gasteiger partial charge in [0.25, 0.3) is 0 Å². The molecule has 0 aromatic heterocycles. The van der Waals surface area contributed by atoms with Crippen molar-refractivity contribution in [3.8, 4) is 24.7 Å². The number of hydrogen-bond donors (Lipinski definition) is 2. The lowest BCUT2D eigenvalue weighted by Gasteiger charge is -2.14. The van der Waals surface area contributed by atoms with Crippen molar-refractivity contribution in [2.75, 3.05) is 33.0 Å². The van der Waals surface area contributed by atoms with E-state index < -0.39 is 0 Å². The van der Waals surface area contributed by atoms with Crippen LogP contribution in [0, 0.1) is 24.7 Å². The molecular formula is C18H28N2O4. The molecule has 0 aliphatic heterocycles. The van der Waals surface area contributed by atoms with Crippen LogP contribution in [0.1, 0.15) is 39.0 Å². The smallest absolute Gasteiger partial charge is 0.222 e. The number of carbonyl (C=O) groups excluding carboxylic acids is 2. The van der Waals surface area contributed by atoms with Gasteiger partial charge >= 0.3 is 0 Å². The van der Waals surface area contributed by atoms with E-state index in [9.17, 15) is 9.59 Å². The van der Waals surface area contributed by atoms with E-state index in [4.69, 9.17) is 22.3 Å². The first-order chi connectivity index (χ1) is 11.6. The van der Waals surface area contributed by atoms with Crippen molar-refractivity contribution in [1.29, 1.82) is 0 Å². The van der Waals surface area contributed by atoms with E-state index in [-0.39, 0.29) is 31.1 Å². The fourth-order valence-electron chi connectivity index (χ4n) is 1.90. The maximum absolute atomic E-state index is 11.6. The molecule has 0 saturated heterocycles. The third-order valence-electron chi connectivity index (χ3n) is 3.11. The van der Waals surface area contributed by atoms with Crippen LogP contribution in [0.4, 0.5) is 0 Å². The average molecular weight is 336 g/mol. The number of carbonyl (C=O) groups is 2. The summed E-state index contributed by atoms with van der Waals surface area (Å²) in [4.78, 5) is 23.1. The van der Waals surface area contributed by atoms with Crippen molar-refractivity contribution >= 4 is 11.8 Å². The molecule has 0 aliphatic carbocycles. The van der Waals surface area contributed by atoms with Crippen LogP contribution in [0.15, 0.2) is 0 Å². The van der Waals surface area contributed by atoms with E-state index in [0.717, 1.165) is 19.3 Å². The summed E-state index contributed by atoms with van der Waals surface area (Å²) in [5.74, 6) is 4.61. The van der Waals surface area contributed by atoms with Gasteiger partial charge in [-0.25, -0.2) is 0 Å². The monoisotopic (exact) mass is 336 g/mol. The zero-order valence-electron chi connectivity index (χ0n) is 14.4. The number of hydrogen-bond acceptors (Lipinski definition) is 4. The van der Waals surface area contributed by atoms with Gasteiger partial charge in [-0.2, -0.15) is 0 Å². The zero-order chi connectivity index (χ0) is 18.0. The number of terminal acetylenes is 2. The first-order valence-corrected chi connectivity index (χ1v) is 8.18. The van der Waals surface area contributed by atoms with E-state index in [0.29, 0.717) is 32.6 Å². The summed E-state index contributed by atoms with van der Waals surface area (Å²) in [6, 6.07) is 0.0954. The van der Waals surface area contributed by atoms with E-state index >= 15 is 0 Å². The molecule has 0 radical (unpaired) electrons. The highest BCUT2D eigenvalue weighted by molar-refractivity contribution is 5.76. The number of rotatable bonds is 14. The summed E-state index contributed by atoms with van der Waals surface area (Å²) in [5, 5.41) is 5.73. The van der Waals surface area contributed by atoms with Crippen molar-refractivity contribution in [2.24, 2.45) is 0 Å². The largest absolute Gasteiger partial charge is 0.368 e. The molecule has 0 spiro atoms. The summed E-state index contributed by atoms with van der Waals surface area (Å²) < 4.78 is 10.1. The molecule has 2 N–H and O–H groups in total. The van der Waals surface area contributed by atoms with Crippen molar-refractivity contribution in [2.45, 2.75) is 45.1 Å². The molecule has 0 rings (SSSR count). The lowest BCUT2D eigenvalue weighted by Crippen LogP contribution is -2.33. The summed E-state index contributed by atoms with van der Waals surface area (Å²) in [7, 11) is 0. The molecule has 24 heavy (non-hydrogen) atoms. The number of amides is 2. The van der Waals surface area contributed by atoms with Crippen molar-refractivity contribution in [3.63, 3.8) is 0 Å². The van der Waals surface area contributed by atoms with Gasteiger partial charge in [0.15, 0.2) is 0 Å². The second-order valence-electron chi connectivity index (χ2n) is 5.33. The third-order valence-corrected chi connectivity index (χ3v) is 3.11. The van der Waals surface area contributed by atoms with E-state index in [1.54, 1.807) is 0 Å². The summed E-state index contributed by atoms with van der Waals surface area (Å²) in [6.07, 6.45) is 13.3. The minimum Gasteiger partial charge on any atom is -0.368 e. The predicted molar refractivity (Wildman–Crippen MR) is 93.0 cm³/mol. The van der Waals surface area contributed by atoms with Crippen LogP contribution in [0.25, 0.3) is 0 Å². The van der Waals surface area contributed by atoms with Gasteiger partial charge < -0.3 is 20.1 Å². The van der Waals surface area contributed by atoms with Crippen LogP contribution >= 0.6 is 0 Å². The lowest BCUT2D eigenvalue weighted by molar-refractivity contribution is -0.123. The van der Waals surface area contributed by atoms with Gasteiger partial charge in [-0.1, -0.05) is 11.8 Å². The van der Waals surface area contributed by atoms with Crippen LogP contribution in [0.2, 0.25) is 0 Å². The molecule has 0 aliphatic rings. The van der Waals surface area contributed by atoms with E-state index in [1.165, 1.54) is 0 Å². The highest BCUT2D eigenvalue weighted by atomic mass is 16.5. The molecule has 0 aromatic carbocycles. The average Bonchev–Trinajstić information content (AvgIpc) is 2.55. The third kappa shape index (κ3) is 14.9. The highest BCUT2D eigenvalue weighted by Crippen LogP contribution is 2.00. The minimum absolute atomic E-state index is 0.0414. The first kappa shape index (κ1) is 22.0. The molecule has 6 heteroatoms. The second-order valence-corrected chi connectivity index (χ2v) is 5.33. The van der Waals surface area contributed by atoms with Gasteiger partial charge in [0.2, 0.25) is 11.8 Å². The van der Waals surface area contributed by atoms with Crippen LogP contribution in [-0.4, -0.2) is 50.8 Å². The minimum atomic E-state index is -0.0419. The Hall–Kier alpha value is -2.02. The summed E-state index contributed by atoms with van der Waals surface area (Å²) in [6.45, 7) is 3.71. The molecule has 0 unspecified atom stereocenters. The summed E-state index contributed by atoms with van der Waals surface area (Å²) in [5.41, 5.74) is 0. The van der Waals surface area contributed by atoms with E-state index in [2.05, 4.69) is 22.5 Å². The Morgan fingerprint density at radius 2 is 1.58 bits per heavy atom. The molecule has 0 saturated carbocycles. The van der Waals surface area contributed by atoms with Gasteiger partial charge in [0.05, 0.1) is 26.1 Å². The fraction of sp³-hybridized carbons (Fsp3) is 0.667. The molecule has 2 amide bonds. The quantitative estimate of drug-likeness (QED) is 0.364. The number of ether oxygens (including phenoxy) is 2. The van der Waals surface area contributed by atoms with Crippen molar-refractivity contribution in [1.82, 2.24) is 10.6 Å². The number of nitrogens with one attached hydrogen (secondary N) is 2. The van der Waals surface area contributed by atoms with Gasteiger partial charge in [-0.15, -0.1) is 12.8 Å². The van der Waals surface area contributed by atoms with Crippen LogP contribution in [0.3, 0.4) is 0 Å². The molecule has 0 fully saturated rings. The number of unbranched alkanes of at least 4 members (excludes halogenated alkanes) is 1. The van der Waals surface area contributed by atoms with Crippen LogP contribution in [0.5, 0.6) is 0 Å². The summed E-state index contributed by atoms with van der Waals surface area (Å²) >= 11 is 0. The Morgan fingerprint density at radius 1 is 1.00 bits per heavy atom. The normalized spacial score (nSPS) is 11.1. The molecule has 0 aromatic rings. The van der Waals surface area contributed by atoms with Gasteiger partial charge in [0, 0.05) is 12.6 Å². The Balaban J connectivity index is 3.50. The van der Waals surface area contributed by atoms with Crippen molar-refractivity contribution in [3.05, 3.63) is 0 Å². The van der Waals surface area contributed by atoms with Crippen molar-refractivity contribution < 1.29 is 19.1 Å². The Bertz CT molecular complexity index is 437. The first-order valence-electron chi connectivity index (χ1n) is 8.18. The fourth-order valence-corrected chi connectivity index (χ4v) is 1.90. The molecular weight excluding hydrogens is 308 g/mol. The highest BCUT2D eigenvalue weighted by Gasteiger charge is 2.07.